The van der Waals surface area contributed by atoms with Gasteiger partial charge in [0.25, 0.3) is 5.91 Å². The van der Waals surface area contributed by atoms with Gasteiger partial charge >= 0.3 is 0 Å². The second-order valence-electron chi connectivity index (χ2n) is 5.05. The van der Waals surface area contributed by atoms with Crippen LogP contribution in [0.4, 0.5) is 4.39 Å². The molecule has 4 heteroatoms. The topological polar surface area (TPSA) is 32.3 Å². The summed E-state index contributed by atoms with van der Waals surface area (Å²) in [5.41, 5.74) is 0.515. The summed E-state index contributed by atoms with van der Waals surface area (Å²) >= 11 is 0. The maximum Gasteiger partial charge on any atom is 0.251 e. The van der Waals surface area contributed by atoms with E-state index in [0.717, 1.165) is 25.9 Å². The molecule has 0 unspecified atom stereocenters. The Bertz CT molecular complexity index is 419. The Morgan fingerprint density at radius 1 is 1.42 bits per heavy atom. The van der Waals surface area contributed by atoms with Crippen molar-refractivity contribution in [1.82, 2.24) is 10.2 Å². The summed E-state index contributed by atoms with van der Waals surface area (Å²) in [6, 6.07) is 6.11. The normalized spacial score (nSPS) is 19.6. The highest BCUT2D eigenvalue weighted by Gasteiger charge is 2.23. The molecule has 19 heavy (non-hydrogen) atoms. The molecule has 2 rings (SSSR count). The summed E-state index contributed by atoms with van der Waals surface area (Å²) in [5, 5.41) is 2.95. The van der Waals surface area contributed by atoms with Crippen molar-refractivity contribution in [3.63, 3.8) is 0 Å². The zero-order chi connectivity index (χ0) is 13.7. The van der Waals surface area contributed by atoms with Crippen molar-refractivity contribution in [2.45, 2.75) is 32.2 Å². The van der Waals surface area contributed by atoms with Crippen molar-refractivity contribution >= 4 is 5.91 Å². The Hall–Kier alpha value is -1.42. The molecule has 1 fully saturated rings. The molecule has 1 aliphatic rings. The number of halogens is 1. The SMILES string of the molecule is CCCN1CCC[C@@H]1CNC(=O)c1ccc(F)cc1. The Kier molecular flexibility index (Phi) is 4.91. The zero-order valence-electron chi connectivity index (χ0n) is 11.4. The molecular weight excluding hydrogens is 243 g/mol. The summed E-state index contributed by atoms with van der Waals surface area (Å²) in [6.45, 7) is 5.07. The molecule has 1 N–H and O–H groups in total. The molecule has 104 valence electrons. The predicted octanol–water partition coefficient (Wildman–Crippen LogP) is 2.43. The molecule has 0 aliphatic carbocycles. The summed E-state index contributed by atoms with van der Waals surface area (Å²) < 4.78 is 12.8. The maximum atomic E-state index is 12.8. The van der Waals surface area contributed by atoms with Crippen LogP contribution in [0.25, 0.3) is 0 Å². The maximum absolute atomic E-state index is 12.8. The van der Waals surface area contributed by atoms with Crippen LogP contribution in [-0.4, -0.2) is 36.5 Å². The van der Waals surface area contributed by atoms with E-state index in [0.29, 0.717) is 18.2 Å². The van der Waals surface area contributed by atoms with Gasteiger partial charge in [0, 0.05) is 18.2 Å². The molecule has 1 saturated heterocycles. The number of hydrogen-bond acceptors (Lipinski definition) is 2. The summed E-state index contributed by atoms with van der Waals surface area (Å²) in [6.07, 6.45) is 3.49. The zero-order valence-corrected chi connectivity index (χ0v) is 11.4. The minimum Gasteiger partial charge on any atom is -0.350 e. The number of likely N-dealkylation sites (tertiary alicyclic amines) is 1. The molecular formula is C15H21FN2O. The Morgan fingerprint density at radius 3 is 2.84 bits per heavy atom. The van der Waals surface area contributed by atoms with Crippen LogP contribution in [0.3, 0.4) is 0 Å². The third-order valence-corrected chi connectivity index (χ3v) is 3.61. The molecule has 1 aromatic carbocycles. The largest absolute Gasteiger partial charge is 0.350 e. The second kappa shape index (κ2) is 6.66. The van der Waals surface area contributed by atoms with Crippen LogP contribution in [0.2, 0.25) is 0 Å². The smallest absolute Gasteiger partial charge is 0.251 e. The highest BCUT2D eigenvalue weighted by atomic mass is 19.1. The molecule has 1 amide bonds. The number of nitrogens with zero attached hydrogens (tertiary/aromatic N) is 1. The first-order chi connectivity index (χ1) is 9.20. The van der Waals surface area contributed by atoms with Crippen molar-refractivity contribution < 1.29 is 9.18 Å². The number of hydrogen-bond donors (Lipinski definition) is 1. The van der Waals surface area contributed by atoms with E-state index in [2.05, 4.69) is 17.1 Å². The van der Waals surface area contributed by atoms with Gasteiger partial charge in [-0.25, -0.2) is 4.39 Å². The number of rotatable bonds is 5. The number of nitrogens with one attached hydrogen (secondary N) is 1. The van der Waals surface area contributed by atoms with Crippen LogP contribution in [-0.2, 0) is 0 Å². The van der Waals surface area contributed by atoms with E-state index in [1.165, 1.54) is 30.7 Å². The lowest BCUT2D eigenvalue weighted by Crippen LogP contribution is -2.40. The van der Waals surface area contributed by atoms with Gasteiger partial charge in [0.05, 0.1) is 0 Å². The van der Waals surface area contributed by atoms with Gasteiger partial charge < -0.3 is 5.32 Å². The van der Waals surface area contributed by atoms with Crippen LogP contribution in [0.15, 0.2) is 24.3 Å². The lowest BCUT2D eigenvalue weighted by molar-refractivity contribution is 0.0940. The van der Waals surface area contributed by atoms with Gasteiger partial charge in [0.2, 0.25) is 0 Å². The summed E-state index contributed by atoms with van der Waals surface area (Å²) in [7, 11) is 0. The minimum absolute atomic E-state index is 0.122. The number of carbonyl (C=O) groups is 1. The molecule has 0 radical (unpaired) electrons. The lowest BCUT2D eigenvalue weighted by atomic mass is 10.2. The first-order valence-corrected chi connectivity index (χ1v) is 6.98. The van der Waals surface area contributed by atoms with Gasteiger partial charge in [-0.2, -0.15) is 0 Å². The average Bonchev–Trinajstić information content (AvgIpc) is 2.85. The van der Waals surface area contributed by atoms with E-state index in [1.807, 2.05) is 0 Å². The molecule has 1 heterocycles. The van der Waals surface area contributed by atoms with Crippen LogP contribution in [0.1, 0.15) is 36.5 Å². The van der Waals surface area contributed by atoms with Crippen molar-refractivity contribution in [2.24, 2.45) is 0 Å². The molecule has 0 aromatic heterocycles. The molecule has 3 nitrogen and oxygen atoms in total. The summed E-state index contributed by atoms with van der Waals surface area (Å²) in [5.74, 6) is -0.440. The van der Waals surface area contributed by atoms with Crippen LogP contribution in [0.5, 0.6) is 0 Å². The number of benzene rings is 1. The fourth-order valence-corrected chi connectivity index (χ4v) is 2.62. The summed E-state index contributed by atoms with van der Waals surface area (Å²) in [4.78, 5) is 14.4. The monoisotopic (exact) mass is 264 g/mol. The molecule has 1 atom stereocenters. The van der Waals surface area contributed by atoms with Crippen LogP contribution >= 0.6 is 0 Å². The van der Waals surface area contributed by atoms with Gasteiger partial charge in [-0.1, -0.05) is 6.92 Å². The third kappa shape index (κ3) is 3.77. The Labute approximate surface area is 113 Å². The molecule has 1 aliphatic heterocycles. The predicted molar refractivity (Wildman–Crippen MR) is 73.6 cm³/mol. The second-order valence-corrected chi connectivity index (χ2v) is 5.05. The molecule has 0 spiro atoms. The Balaban J connectivity index is 1.84. The van der Waals surface area contributed by atoms with Crippen LogP contribution < -0.4 is 5.32 Å². The minimum atomic E-state index is -0.318. The van der Waals surface area contributed by atoms with E-state index < -0.39 is 0 Å². The van der Waals surface area contributed by atoms with E-state index >= 15 is 0 Å². The first-order valence-electron chi connectivity index (χ1n) is 6.98. The molecule has 1 aromatic rings. The fourth-order valence-electron chi connectivity index (χ4n) is 2.62. The van der Waals surface area contributed by atoms with E-state index in [1.54, 1.807) is 0 Å². The molecule has 0 bridgehead atoms. The van der Waals surface area contributed by atoms with E-state index in [4.69, 9.17) is 0 Å². The quantitative estimate of drug-likeness (QED) is 0.886. The van der Waals surface area contributed by atoms with Crippen molar-refractivity contribution in [1.29, 1.82) is 0 Å². The number of carbonyl (C=O) groups excluding carboxylic acids is 1. The lowest BCUT2D eigenvalue weighted by Gasteiger charge is -2.24. The highest BCUT2D eigenvalue weighted by Crippen LogP contribution is 2.16. The standard InChI is InChI=1S/C15H21FN2O/c1-2-9-18-10-3-4-14(18)11-17-15(19)12-5-7-13(16)8-6-12/h5-8,14H,2-4,9-11H2,1H3,(H,17,19)/t14-/m1/s1. The molecule has 0 saturated carbocycles. The van der Waals surface area contributed by atoms with E-state index in [-0.39, 0.29) is 11.7 Å². The van der Waals surface area contributed by atoms with Gasteiger partial charge in [0.1, 0.15) is 5.82 Å². The van der Waals surface area contributed by atoms with Gasteiger partial charge in [0.15, 0.2) is 0 Å². The van der Waals surface area contributed by atoms with Gasteiger partial charge in [-0.15, -0.1) is 0 Å². The van der Waals surface area contributed by atoms with Crippen molar-refractivity contribution in [3.8, 4) is 0 Å². The van der Waals surface area contributed by atoms with Crippen LogP contribution in [0, 0.1) is 5.82 Å². The van der Waals surface area contributed by atoms with Gasteiger partial charge in [-0.05, 0) is 56.6 Å². The van der Waals surface area contributed by atoms with Crippen molar-refractivity contribution in [2.75, 3.05) is 19.6 Å². The van der Waals surface area contributed by atoms with Gasteiger partial charge in [-0.3, -0.25) is 9.69 Å². The average molecular weight is 264 g/mol. The highest BCUT2D eigenvalue weighted by molar-refractivity contribution is 5.94. The van der Waals surface area contributed by atoms with Crippen molar-refractivity contribution in [3.05, 3.63) is 35.6 Å². The third-order valence-electron chi connectivity index (χ3n) is 3.61. The first kappa shape index (κ1) is 14.0. The Morgan fingerprint density at radius 2 is 2.16 bits per heavy atom. The van der Waals surface area contributed by atoms with E-state index in [9.17, 15) is 9.18 Å². The fraction of sp³-hybridized carbons (Fsp3) is 0.533. The number of amides is 1.